The minimum atomic E-state index is -0.789. The normalized spacial score (nSPS) is 13.7. The number of nitrogens with one attached hydrogen (secondary N) is 1. The molecule has 0 saturated heterocycles. The Hall–Kier alpha value is -2.18. The molecule has 0 saturated carbocycles. The number of carbonyl (C=O) groups excluding carboxylic acids is 2. The molecule has 0 spiro atoms. The van der Waals surface area contributed by atoms with Crippen molar-refractivity contribution in [2.24, 2.45) is 0 Å². The lowest BCUT2D eigenvalue weighted by Gasteiger charge is -2.24. The van der Waals surface area contributed by atoms with Gasteiger partial charge >= 0.3 is 5.97 Å². The monoisotopic (exact) mass is 800 g/mol. The Balaban J connectivity index is 4.46. The van der Waals surface area contributed by atoms with Gasteiger partial charge in [-0.1, -0.05) is 230 Å². The van der Waals surface area contributed by atoms with Crippen LogP contribution in [-0.4, -0.2) is 46.9 Å². The highest BCUT2D eigenvalue weighted by Gasteiger charge is 2.24. The van der Waals surface area contributed by atoms with E-state index < -0.39 is 18.2 Å². The summed E-state index contributed by atoms with van der Waals surface area (Å²) in [5, 5.41) is 23.7. The van der Waals surface area contributed by atoms with Crippen LogP contribution in [0.15, 0.2) is 48.6 Å². The van der Waals surface area contributed by atoms with E-state index in [0.29, 0.717) is 19.3 Å². The Labute approximate surface area is 353 Å². The van der Waals surface area contributed by atoms with E-state index in [1.165, 1.54) is 109 Å². The Morgan fingerprint density at radius 1 is 0.526 bits per heavy atom. The minimum Gasteiger partial charge on any atom is -0.462 e. The first kappa shape index (κ1) is 54.8. The second-order valence-electron chi connectivity index (χ2n) is 16.6. The molecule has 0 bridgehead atoms. The van der Waals surface area contributed by atoms with E-state index in [1.807, 2.05) is 18.2 Å². The van der Waals surface area contributed by atoms with Gasteiger partial charge in [-0.2, -0.15) is 0 Å². The molecule has 3 atom stereocenters. The summed E-state index contributed by atoms with van der Waals surface area (Å²) in [6.07, 6.45) is 53.2. The van der Waals surface area contributed by atoms with Crippen LogP contribution in [0.2, 0.25) is 0 Å². The number of ether oxygens (including phenoxy) is 1. The third-order valence-electron chi connectivity index (χ3n) is 11.0. The average molecular weight is 800 g/mol. The number of allylic oxidation sites excluding steroid dienone is 8. The van der Waals surface area contributed by atoms with Gasteiger partial charge < -0.3 is 20.3 Å². The molecule has 6 heteroatoms. The summed E-state index contributed by atoms with van der Waals surface area (Å²) < 4.78 is 5.89. The van der Waals surface area contributed by atoms with E-state index in [-0.39, 0.29) is 24.9 Å². The van der Waals surface area contributed by atoms with Gasteiger partial charge in [0, 0.05) is 6.42 Å². The van der Waals surface area contributed by atoms with E-state index in [1.54, 1.807) is 0 Å². The molecular formula is C51H93NO5. The highest BCUT2D eigenvalue weighted by atomic mass is 16.5. The number of rotatable bonds is 43. The topological polar surface area (TPSA) is 95.9 Å². The molecule has 0 aromatic carbocycles. The van der Waals surface area contributed by atoms with Gasteiger partial charge in [-0.3, -0.25) is 9.59 Å². The van der Waals surface area contributed by atoms with Crippen molar-refractivity contribution >= 4 is 11.9 Å². The Morgan fingerprint density at radius 2 is 0.947 bits per heavy atom. The number of aliphatic hydroxyl groups is 2. The fourth-order valence-electron chi connectivity index (χ4n) is 7.32. The quantitative estimate of drug-likeness (QED) is 0.0324. The standard InChI is InChI=1S/C51H93NO5/c1-4-7-10-13-16-19-21-23-25-27-29-31-34-37-40-43-49(54)48(46-53)52-50(55)45-47(42-39-36-33-18-15-12-9-6-3)57-51(56)44-41-38-35-32-30-28-26-24-22-20-17-14-11-8-5-2/h8,11,14,17,20,22,24,26,47-49,53-54H,4-7,9-10,12-13,15-16,18-19,21,23,25,27-46H2,1-3H3,(H,52,55)/b11-8+,17-14+,22-20+,26-24-. The summed E-state index contributed by atoms with van der Waals surface area (Å²) in [5.41, 5.74) is 0. The second kappa shape index (κ2) is 44.9. The fourth-order valence-corrected chi connectivity index (χ4v) is 7.32. The van der Waals surface area contributed by atoms with Crippen molar-refractivity contribution in [2.75, 3.05) is 6.61 Å². The molecule has 0 aliphatic rings. The minimum absolute atomic E-state index is 0.0688. The predicted octanol–water partition coefficient (Wildman–Crippen LogP) is 14.3. The van der Waals surface area contributed by atoms with Crippen molar-refractivity contribution in [3.63, 3.8) is 0 Å². The van der Waals surface area contributed by atoms with Gasteiger partial charge in [0.25, 0.3) is 0 Å². The average Bonchev–Trinajstić information content (AvgIpc) is 3.20. The van der Waals surface area contributed by atoms with E-state index in [4.69, 9.17) is 4.74 Å². The third-order valence-corrected chi connectivity index (χ3v) is 11.0. The third kappa shape index (κ3) is 40.4. The molecule has 6 nitrogen and oxygen atoms in total. The van der Waals surface area contributed by atoms with Gasteiger partial charge in [0.1, 0.15) is 6.10 Å². The molecular weight excluding hydrogens is 707 g/mol. The molecule has 0 aromatic heterocycles. The van der Waals surface area contributed by atoms with Crippen LogP contribution in [0.3, 0.4) is 0 Å². The zero-order valence-electron chi connectivity index (χ0n) is 37.7. The van der Waals surface area contributed by atoms with Crippen molar-refractivity contribution in [1.29, 1.82) is 0 Å². The number of carbonyl (C=O) groups is 2. The highest BCUT2D eigenvalue weighted by molar-refractivity contribution is 5.77. The van der Waals surface area contributed by atoms with Crippen LogP contribution < -0.4 is 5.32 Å². The summed E-state index contributed by atoms with van der Waals surface area (Å²) in [6, 6.07) is -0.703. The predicted molar refractivity (Wildman–Crippen MR) is 245 cm³/mol. The van der Waals surface area contributed by atoms with Crippen LogP contribution in [0.5, 0.6) is 0 Å². The summed E-state index contributed by atoms with van der Waals surface area (Å²) in [5.74, 6) is -0.500. The van der Waals surface area contributed by atoms with Gasteiger partial charge in [-0.25, -0.2) is 0 Å². The maximum atomic E-state index is 13.1. The molecule has 57 heavy (non-hydrogen) atoms. The number of hydrogen-bond acceptors (Lipinski definition) is 5. The number of hydrogen-bond donors (Lipinski definition) is 3. The number of aliphatic hydroxyl groups excluding tert-OH is 2. The van der Waals surface area contributed by atoms with Crippen LogP contribution in [0.4, 0.5) is 0 Å². The fraction of sp³-hybridized carbons (Fsp3) is 0.804. The molecule has 0 aliphatic heterocycles. The first-order valence-electron chi connectivity index (χ1n) is 24.4. The summed E-state index contributed by atoms with van der Waals surface area (Å²) in [4.78, 5) is 26.0. The van der Waals surface area contributed by atoms with Gasteiger partial charge in [0.2, 0.25) is 5.91 Å². The smallest absolute Gasteiger partial charge is 0.306 e. The van der Waals surface area contributed by atoms with Crippen molar-refractivity contribution < 1.29 is 24.5 Å². The van der Waals surface area contributed by atoms with Crippen LogP contribution >= 0.6 is 0 Å². The first-order chi connectivity index (χ1) is 28.0. The van der Waals surface area contributed by atoms with Gasteiger partial charge in [0.15, 0.2) is 0 Å². The largest absolute Gasteiger partial charge is 0.462 e. The van der Waals surface area contributed by atoms with Gasteiger partial charge in [0.05, 0.1) is 25.2 Å². The molecule has 0 radical (unpaired) electrons. The van der Waals surface area contributed by atoms with Crippen molar-refractivity contribution in [2.45, 2.75) is 257 Å². The summed E-state index contributed by atoms with van der Waals surface area (Å²) in [7, 11) is 0. The van der Waals surface area contributed by atoms with Gasteiger partial charge in [-0.05, 0) is 44.9 Å². The molecule has 0 rings (SSSR count). The number of amides is 1. The van der Waals surface area contributed by atoms with Crippen LogP contribution in [0.1, 0.15) is 239 Å². The second-order valence-corrected chi connectivity index (χ2v) is 16.6. The van der Waals surface area contributed by atoms with E-state index >= 15 is 0 Å². The zero-order chi connectivity index (χ0) is 41.7. The molecule has 0 heterocycles. The molecule has 0 aromatic rings. The van der Waals surface area contributed by atoms with Gasteiger partial charge in [-0.15, -0.1) is 0 Å². The summed E-state index contributed by atoms with van der Waals surface area (Å²) >= 11 is 0. The lowest BCUT2D eigenvalue weighted by Crippen LogP contribution is -2.46. The van der Waals surface area contributed by atoms with Crippen molar-refractivity contribution in [3.8, 4) is 0 Å². The highest BCUT2D eigenvalue weighted by Crippen LogP contribution is 2.18. The number of unbranched alkanes of at least 4 members (excludes halogenated alkanes) is 26. The van der Waals surface area contributed by atoms with E-state index in [9.17, 15) is 19.8 Å². The lowest BCUT2D eigenvalue weighted by atomic mass is 10.0. The number of esters is 1. The molecule has 0 fully saturated rings. The maximum absolute atomic E-state index is 13.1. The van der Waals surface area contributed by atoms with Crippen molar-refractivity contribution in [3.05, 3.63) is 48.6 Å². The van der Waals surface area contributed by atoms with Crippen LogP contribution in [-0.2, 0) is 14.3 Å². The Kier molecular flexibility index (Phi) is 43.2. The van der Waals surface area contributed by atoms with Crippen LogP contribution in [0, 0.1) is 0 Å². The molecule has 3 N–H and O–H groups in total. The lowest BCUT2D eigenvalue weighted by molar-refractivity contribution is -0.151. The van der Waals surface area contributed by atoms with E-state index in [0.717, 1.165) is 83.5 Å². The maximum Gasteiger partial charge on any atom is 0.306 e. The Morgan fingerprint density at radius 3 is 1.44 bits per heavy atom. The van der Waals surface area contributed by atoms with Crippen LogP contribution in [0.25, 0.3) is 0 Å². The SMILES string of the molecule is CC/C=C/C=C/C=C/C=C\CCCCCCCC(=O)OC(CCCCCCCCCC)CC(=O)NC(CO)C(O)CCCCCCCCCCCCCCCCC. The molecule has 332 valence electrons. The molecule has 1 amide bonds. The summed E-state index contributed by atoms with van der Waals surface area (Å²) in [6.45, 7) is 6.32. The van der Waals surface area contributed by atoms with E-state index in [2.05, 4.69) is 56.5 Å². The zero-order valence-corrected chi connectivity index (χ0v) is 37.7. The first-order valence-corrected chi connectivity index (χ1v) is 24.4. The Bertz CT molecular complexity index is 988. The van der Waals surface area contributed by atoms with Crippen molar-refractivity contribution in [1.82, 2.24) is 5.32 Å². The molecule has 0 aliphatic carbocycles. The molecule has 3 unspecified atom stereocenters.